The van der Waals surface area contributed by atoms with E-state index in [0.717, 1.165) is 18.6 Å². The number of aliphatic carboxylic acids is 1. The van der Waals surface area contributed by atoms with Gasteiger partial charge in [-0.2, -0.15) is 0 Å². The predicted octanol–water partition coefficient (Wildman–Crippen LogP) is 2.56. The fraction of sp³-hybridized carbons (Fsp3) is 0.235. The van der Waals surface area contributed by atoms with Crippen LogP contribution in [-0.2, 0) is 4.79 Å². The monoisotopic (exact) mass is 346 g/mol. The number of hydrogen-bond acceptors (Lipinski definition) is 5. The number of amidine groups is 1. The van der Waals surface area contributed by atoms with Crippen LogP contribution < -0.4 is 5.32 Å². The summed E-state index contributed by atoms with van der Waals surface area (Å²) in [6.07, 6.45) is 5.27. The first-order valence-electron chi connectivity index (χ1n) is 7.72. The molecule has 0 aromatic heterocycles. The number of likely N-dealkylation sites (tertiary alicyclic amines) is 1. The molecule has 3 rings (SSSR count). The molecule has 6 nitrogen and oxygen atoms in total. The summed E-state index contributed by atoms with van der Waals surface area (Å²) in [5.41, 5.74) is -0.0299. The van der Waals surface area contributed by atoms with Crippen molar-refractivity contribution in [3.8, 4) is 0 Å². The molecule has 3 N–H and O–H groups in total. The van der Waals surface area contributed by atoms with E-state index < -0.39 is 17.6 Å². The molecule has 130 valence electrons. The van der Waals surface area contributed by atoms with E-state index >= 15 is 0 Å². The van der Waals surface area contributed by atoms with Gasteiger partial charge in [0.25, 0.3) is 0 Å². The molecular formula is C17H16F2N4O2. The van der Waals surface area contributed by atoms with Crippen LogP contribution >= 0.6 is 0 Å². The summed E-state index contributed by atoms with van der Waals surface area (Å²) >= 11 is 0. The summed E-state index contributed by atoms with van der Waals surface area (Å²) in [4.78, 5) is 17.3. The number of benzene rings is 1. The standard InChI is InChI=1S/C17H16F2N4O2/c18-10-3-4-13(19)11(8-10)14-2-1-7-23(14)15-5-6-21-16(22-15)12(9-20)17(24)25/h3-6,8-9,14,20-21H,1-2,7H2,(H,24,25)/b16-12-,20-9?. The van der Waals surface area contributed by atoms with E-state index in [0.29, 0.717) is 25.0 Å². The summed E-state index contributed by atoms with van der Waals surface area (Å²) < 4.78 is 27.7. The maximum absolute atomic E-state index is 14.1. The molecule has 0 bridgehead atoms. The second-order valence-electron chi connectivity index (χ2n) is 5.68. The third-order valence-electron chi connectivity index (χ3n) is 4.17. The normalized spacial score (nSPS) is 21.6. The lowest BCUT2D eigenvalue weighted by Gasteiger charge is -2.28. The quantitative estimate of drug-likeness (QED) is 0.580. The van der Waals surface area contributed by atoms with Crippen LogP contribution in [0.2, 0.25) is 0 Å². The van der Waals surface area contributed by atoms with Crippen molar-refractivity contribution in [2.45, 2.75) is 18.9 Å². The number of halogens is 2. The number of nitrogens with zero attached hydrogens (tertiary/aromatic N) is 2. The molecule has 0 aliphatic carbocycles. The van der Waals surface area contributed by atoms with Crippen LogP contribution in [0.4, 0.5) is 8.78 Å². The summed E-state index contributed by atoms with van der Waals surface area (Å²) in [5, 5.41) is 19.1. The smallest absolute Gasteiger partial charge is 0.341 e. The SMILES string of the molecule is N=C/C(C(=O)O)=C1/N=C(N2CCCC2c2cc(F)ccc2F)C=CN1. The maximum Gasteiger partial charge on any atom is 0.341 e. The van der Waals surface area contributed by atoms with Crippen molar-refractivity contribution >= 4 is 18.0 Å². The van der Waals surface area contributed by atoms with Crippen LogP contribution in [0.25, 0.3) is 0 Å². The van der Waals surface area contributed by atoms with Gasteiger partial charge in [-0.15, -0.1) is 0 Å². The van der Waals surface area contributed by atoms with Gasteiger partial charge >= 0.3 is 5.97 Å². The number of aliphatic imine (C=N–C) groups is 1. The number of nitrogens with one attached hydrogen (secondary N) is 2. The highest BCUT2D eigenvalue weighted by atomic mass is 19.1. The van der Waals surface area contributed by atoms with Crippen LogP contribution in [0.3, 0.4) is 0 Å². The van der Waals surface area contributed by atoms with Crippen LogP contribution in [0.15, 0.2) is 46.9 Å². The van der Waals surface area contributed by atoms with Gasteiger partial charge in [-0.05, 0) is 37.1 Å². The van der Waals surface area contributed by atoms with E-state index in [1.807, 2.05) is 4.90 Å². The molecule has 0 radical (unpaired) electrons. The molecule has 1 saturated heterocycles. The zero-order valence-corrected chi connectivity index (χ0v) is 13.2. The van der Waals surface area contributed by atoms with E-state index in [-0.39, 0.29) is 23.0 Å². The molecule has 0 saturated carbocycles. The van der Waals surface area contributed by atoms with E-state index in [4.69, 9.17) is 10.5 Å². The Bertz CT molecular complexity index is 817. The number of rotatable bonds is 3. The zero-order chi connectivity index (χ0) is 18.0. The van der Waals surface area contributed by atoms with Crippen LogP contribution in [-0.4, -0.2) is 34.6 Å². The second kappa shape index (κ2) is 6.84. The van der Waals surface area contributed by atoms with Crippen LogP contribution in [0.1, 0.15) is 24.4 Å². The van der Waals surface area contributed by atoms with Gasteiger partial charge in [0.2, 0.25) is 0 Å². The van der Waals surface area contributed by atoms with Gasteiger partial charge in [0, 0.05) is 24.5 Å². The summed E-state index contributed by atoms with van der Waals surface area (Å²) in [5.74, 6) is -1.79. The highest BCUT2D eigenvalue weighted by Crippen LogP contribution is 2.34. The summed E-state index contributed by atoms with van der Waals surface area (Å²) in [6.45, 7) is 0.587. The predicted molar refractivity (Wildman–Crippen MR) is 88.2 cm³/mol. The minimum Gasteiger partial charge on any atom is -0.477 e. The van der Waals surface area contributed by atoms with Crippen molar-refractivity contribution in [1.82, 2.24) is 10.2 Å². The lowest BCUT2D eigenvalue weighted by atomic mass is 10.0. The Labute approximate surface area is 142 Å². The molecule has 1 aromatic carbocycles. The van der Waals surface area contributed by atoms with Crippen molar-refractivity contribution in [2.75, 3.05) is 6.54 Å². The van der Waals surface area contributed by atoms with Crippen LogP contribution in [0.5, 0.6) is 0 Å². The van der Waals surface area contributed by atoms with Gasteiger partial charge in [-0.25, -0.2) is 18.6 Å². The minimum atomic E-state index is -1.27. The van der Waals surface area contributed by atoms with Gasteiger partial charge in [-0.3, -0.25) is 0 Å². The topological polar surface area (TPSA) is 88.8 Å². The van der Waals surface area contributed by atoms with Crippen molar-refractivity contribution in [2.24, 2.45) is 4.99 Å². The Morgan fingerprint density at radius 3 is 2.96 bits per heavy atom. The first-order chi connectivity index (χ1) is 12.0. The summed E-state index contributed by atoms with van der Waals surface area (Å²) in [7, 11) is 0. The molecule has 1 atom stereocenters. The first-order valence-corrected chi connectivity index (χ1v) is 7.72. The van der Waals surface area contributed by atoms with Crippen molar-refractivity contribution in [1.29, 1.82) is 5.41 Å². The summed E-state index contributed by atoms with van der Waals surface area (Å²) in [6, 6.07) is 2.97. The lowest BCUT2D eigenvalue weighted by molar-refractivity contribution is -0.132. The van der Waals surface area contributed by atoms with Crippen molar-refractivity contribution in [3.63, 3.8) is 0 Å². The highest BCUT2D eigenvalue weighted by Gasteiger charge is 2.31. The molecule has 2 aliphatic rings. The fourth-order valence-corrected chi connectivity index (χ4v) is 3.04. The van der Waals surface area contributed by atoms with Crippen LogP contribution in [0, 0.1) is 17.0 Å². The second-order valence-corrected chi connectivity index (χ2v) is 5.68. The van der Waals surface area contributed by atoms with E-state index in [1.54, 1.807) is 6.08 Å². The van der Waals surface area contributed by atoms with E-state index in [9.17, 15) is 13.6 Å². The van der Waals surface area contributed by atoms with E-state index in [1.165, 1.54) is 12.3 Å². The van der Waals surface area contributed by atoms with Crippen molar-refractivity contribution < 1.29 is 18.7 Å². The number of carboxylic acids is 1. The van der Waals surface area contributed by atoms with Crippen molar-refractivity contribution in [3.05, 3.63) is 59.1 Å². The van der Waals surface area contributed by atoms with E-state index in [2.05, 4.69) is 10.3 Å². The molecule has 1 fully saturated rings. The number of carbonyl (C=O) groups is 1. The first kappa shape index (κ1) is 16.8. The van der Waals surface area contributed by atoms with Gasteiger partial charge in [0.05, 0.1) is 6.04 Å². The Balaban J connectivity index is 1.98. The zero-order valence-electron chi connectivity index (χ0n) is 13.2. The van der Waals surface area contributed by atoms with Gasteiger partial charge in [-0.1, -0.05) is 0 Å². The Morgan fingerprint density at radius 2 is 2.24 bits per heavy atom. The molecule has 25 heavy (non-hydrogen) atoms. The maximum atomic E-state index is 14.1. The molecule has 2 aliphatic heterocycles. The molecular weight excluding hydrogens is 330 g/mol. The molecule has 8 heteroatoms. The average molecular weight is 346 g/mol. The van der Waals surface area contributed by atoms with Gasteiger partial charge < -0.3 is 20.7 Å². The Morgan fingerprint density at radius 1 is 1.44 bits per heavy atom. The number of carboxylic acid groups (broad SMARTS) is 1. The van der Waals surface area contributed by atoms with Gasteiger partial charge in [0.1, 0.15) is 28.9 Å². The molecule has 1 aromatic rings. The number of hydrogen-bond donors (Lipinski definition) is 3. The highest BCUT2D eigenvalue weighted by molar-refractivity contribution is 6.09. The molecule has 2 heterocycles. The third kappa shape index (κ3) is 3.28. The minimum absolute atomic E-state index is 0.0327. The Hall–Kier alpha value is -3.03. The third-order valence-corrected chi connectivity index (χ3v) is 4.17. The molecule has 0 amide bonds. The lowest BCUT2D eigenvalue weighted by Crippen LogP contribution is -2.32. The molecule has 0 spiro atoms. The fourth-order valence-electron chi connectivity index (χ4n) is 3.04. The Kier molecular flexibility index (Phi) is 4.60. The van der Waals surface area contributed by atoms with Gasteiger partial charge in [0.15, 0.2) is 0 Å². The largest absolute Gasteiger partial charge is 0.477 e. The molecule has 1 unspecified atom stereocenters. The average Bonchev–Trinajstić information content (AvgIpc) is 3.07.